The Labute approximate surface area is 96.0 Å². The van der Waals surface area contributed by atoms with E-state index < -0.39 is 8.07 Å². The fourth-order valence-electron chi connectivity index (χ4n) is 1.33. The second-order valence-electron chi connectivity index (χ2n) is 4.41. The van der Waals surface area contributed by atoms with Crippen LogP contribution in [0.15, 0.2) is 24.1 Å². The molecule has 4 heteroatoms. The minimum absolute atomic E-state index is 0.0218. The predicted octanol–water partition coefficient (Wildman–Crippen LogP) is 2.21. The molecule has 0 saturated carbocycles. The molecule has 0 aliphatic rings. The molecule has 1 aromatic heterocycles. The van der Waals surface area contributed by atoms with E-state index in [0.717, 1.165) is 5.56 Å². The first kappa shape index (κ1) is 12.2. The van der Waals surface area contributed by atoms with Gasteiger partial charge in [-0.15, -0.1) is 6.58 Å². The third kappa shape index (κ3) is 3.04. The molecule has 15 heavy (non-hydrogen) atoms. The third-order valence-electron chi connectivity index (χ3n) is 2.00. The number of rotatable bonds is 4. The lowest BCUT2D eigenvalue weighted by atomic mass is 10.3. The van der Waals surface area contributed by atoms with E-state index in [2.05, 4.69) is 31.5 Å². The average molecular weight is 239 g/mol. The van der Waals surface area contributed by atoms with E-state index in [0.29, 0.717) is 6.54 Å². The topological polar surface area (TPSA) is 29.1 Å². The molecule has 1 rings (SSSR count). The van der Waals surface area contributed by atoms with Gasteiger partial charge in [-0.25, -0.2) is 0 Å². The summed E-state index contributed by atoms with van der Waals surface area (Å²) in [6.45, 7) is 10.9. The summed E-state index contributed by atoms with van der Waals surface area (Å²) in [5.74, 6) is 0.0218. The Hall–Kier alpha value is -0.873. The van der Waals surface area contributed by atoms with Gasteiger partial charge in [-0.1, -0.05) is 25.7 Å². The van der Waals surface area contributed by atoms with Crippen molar-refractivity contribution in [2.24, 2.45) is 0 Å². The van der Waals surface area contributed by atoms with Gasteiger partial charge in [0.1, 0.15) is 0 Å². The van der Waals surface area contributed by atoms with Crippen LogP contribution >= 0.6 is 11.3 Å². The lowest BCUT2D eigenvalue weighted by Crippen LogP contribution is -2.40. The molecule has 0 fully saturated rings. The van der Waals surface area contributed by atoms with Crippen molar-refractivity contribution < 1.29 is 4.79 Å². The first-order valence-corrected chi connectivity index (χ1v) is 9.32. The maximum Gasteiger partial charge on any atom is 0.252 e. The van der Waals surface area contributed by atoms with E-state index in [9.17, 15) is 4.79 Å². The molecule has 0 saturated heterocycles. The molecule has 1 N–H and O–H groups in total. The monoisotopic (exact) mass is 239 g/mol. The van der Waals surface area contributed by atoms with Gasteiger partial charge >= 0.3 is 0 Å². The molecule has 0 aliphatic carbocycles. The number of hydrogen-bond donors (Lipinski definition) is 1. The highest BCUT2D eigenvalue weighted by Crippen LogP contribution is 2.12. The van der Waals surface area contributed by atoms with Gasteiger partial charge in [-0.3, -0.25) is 4.79 Å². The maximum absolute atomic E-state index is 11.8. The van der Waals surface area contributed by atoms with Gasteiger partial charge in [0.25, 0.3) is 5.91 Å². The summed E-state index contributed by atoms with van der Waals surface area (Å²) in [6.07, 6.45) is 1.69. The van der Waals surface area contributed by atoms with Crippen molar-refractivity contribution in [2.45, 2.75) is 19.6 Å². The normalized spacial score (nSPS) is 11.1. The van der Waals surface area contributed by atoms with Crippen molar-refractivity contribution in [1.82, 2.24) is 5.32 Å². The second-order valence-corrected chi connectivity index (χ2v) is 10.7. The minimum Gasteiger partial charge on any atom is -0.349 e. The van der Waals surface area contributed by atoms with Gasteiger partial charge in [-0.2, -0.15) is 11.3 Å². The summed E-state index contributed by atoms with van der Waals surface area (Å²) in [7, 11) is -1.40. The highest BCUT2D eigenvalue weighted by atomic mass is 32.1. The molecule has 0 spiro atoms. The molecule has 1 heterocycles. The Morgan fingerprint density at radius 2 is 2.27 bits per heavy atom. The molecule has 0 unspecified atom stereocenters. The van der Waals surface area contributed by atoms with Crippen molar-refractivity contribution in [3.63, 3.8) is 0 Å². The smallest absolute Gasteiger partial charge is 0.252 e. The van der Waals surface area contributed by atoms with Crippen molar-refractivity contribution in [2.75, 3.05) is 6.54 Å². The van der Waals surface area contributed by atoms with Crippen LogP contribution < -0.4 is 9.82 Å². The summed E-state index contributed by atoms with van der Waals surface area (Å²) < 4.78 is 1.27. The van der Waals surface area contributed by atoms with Crippen molar-refractivity contribution in [3.8, 4) is 0 Å². The zero-order valence-corrected chi connectivity index (χ0v) is 11.3. The van der Waals surface area contributed by atoms with Crippen LogP contribution in [0.3, 0.4) is 0 Å². The van der Waals surface area contributed by atoms with Crippen LogP contribution in [0, 0.1) is 0 Å². The SMILES string of the molecule is C=CCNC(=O)c1ccsc1[Si](C)(C)C. The number of carbonyl (C=O) groups excluding carboxylic acids is 1. The Balaban J connectivity index is 2.90. The largest absolute Gasteiger partial charge is 0.349 e. The van der Waals surface area contributed by atoms with Crippen LogP contribution in [-0.2, 0) is 0 Å². The summed E-state index contributed by atoms with van der Waals surface area (Å²) in [5, 5.41) is 4.82. The van der Waals surface area contributed by atoms with Crippen LogP contribution in [-0.4, -0.2) is 20.5 Å². The van der Waals surface area contributed by atoms with E-state index in [1.807, 2.05) is 11.4 Å². The van der Waals surface area contributed by atoms with E-state index in [4.69, 9.17) is 0 Å². The second kappa shape index (κ2) is 4.77. The highest BCUT2D eigenvalue weighted by Gasteiger charge is 2.24. The zero-order chi connectivity index (χ0) is 11.5. The summed E-state index contributed by atoms with van der Waals surface area (Å²) in [4.78, 5) is 11.8. The van der Waals surface area contributed by atoms with Gasteiger partial charge in [-0.05, 0) is 11.4 Å². The first-order chi connectivity index (χ1) is 6.96. The predicted molar refractivity (Wildman–Crippen MR) is 69.8 cm³/mol. The number of nitrogens with one attached hydrogen (secondary N) is 1. The van der Waals surface area contributed by atoms with Crippen LogP contribution in [0.1, 0.15) is 10.4 Å². The lowest BCUT2D eigenvalue weighted by molar-refractivity contribution is 0.0959. The van der Waals surface area contributed by atoms with Gasteiger partial charge in [0, 0.05) is 16.6 Å². The first-order valence-electron chi connectivity index (χ1n) is 4.94. The Morgan fingerprint density at radius 3 is 2.80 bits per heavy atom. The van der Waals surface area contributed by atoms with Crippen LogP contribution in [0.25, 0.3) is 0 Å². The summed E-state index contributed by atoms with van der Waals surface area (Å²) >= 11 is 1.69. The third-order valence-corrected chi connectivity index (χ3v) is 6.55. The van der Waals surface area contributed by atoms with Gasteiger partial charge in [0.2, 0.25) is 0 Å². The number of thiophene rings is 1. The molecule has 1 aromatic rings. The molecule has 82 valence electrons. The molecule has 0 atom stereocenters. The van der Waals surface area contributed by atoms with Gasteiger partial charge < -0.3 is 5.32 Å². The van der Waals surface area contributed by atoms with Crippen LogP contribution in [0.5, 0.6) is 0 Å². The Bertz CT molecular complexity index is 365. The van der Waals surface area contributed by atoms with Gasteiger partial charge in [0.15, 0.2) is 0 Å². The summed E-state index contributed by atoms with van der Waals surface area (Å²) in [6, 6.07) is 1.91. The molecule has 0 aliphatic heterocycles. The van der Waals surface area contributed by atoms with E-state index in [1.54, 1.807) is 17.4 Å². The van der Waals surface area contributed by atoms with E-state index in [1.165, 1.54) is 4.50 Å². The lowest BCUT2D eigenvalue weighted by Gasteiger charge is -2.16. The fraction of sp³-hybridized carbons (Fsp3) is 0.364. The number of amides is 1. The summed E-state index contributed by atoms with van der Waals surface area (Å²) in [5.41, 5.74) is 0.848. The molecular formula is C11H17NOSSi. The van der Waals surface area contributed by atoms with E-state index in [-0.39, 0.29) is 5.91 Å². The Kier molecular flexibility index (Phi) is 3.88. The van der Waals surface area contributed by atoms with Crippen molar-refractivity contribution >= 4 is 29.8 Å². The number of hydrogen-bond acceptors (Lipinski definition) is 2. The number of carbonyl (C=O) groups is 1. The quantitative estimate of drug-likeness (QED) is 0.633. The highest BCUT2D eigenvalue weighted by molar-refractivity contribution is 7.25. The molecule has 1 amide bonds. The van der Waals surface area contributed by atoms with Gasteiger partial charge in [0.05, 0.1) is 8.07 Å². The minimum atomic E-state index is -1.40. The molecule has 0 bridgehead atoms. The van der Waals surface area contributed by atoms with Crippen molar-refractivity contribution in [1.29, 1.82) is 0 Å². The molecular weight excluding hydrogens is 222 g/mol. The molecule has 0 radical (unpaired) electrons. The zero-order valence-electron chi connectivity index (χ0n) is 9.46. The van der Waals surface area contributed by atoms with E-state index >= 15 is 0 Å². The van der Waals surface area contributed by atoms with Crippen LogP contribution in [0.4, 0.5) is 0 Å². The van der Waals surface area contributed by atoms with Crippen molar-refractivity contribution in [3.05, 3.63) is 29.7 Å². The standard InChI is InChI=1S/C11H17NOSSi/c1-5-7-12-10(13)9-6-8-14-11(9)15(2,3)4/h5-6,8H,1,7H2,2-4H3,(H,12,13). The average Bonchev–Trinajstić information content (AvgIpc) is 2.61. The van der Waals surface area contributed by atoms with Crippen LogP contribution in [0.2, 0.25) is 19.6 Å². The molecule has 0 aromatic carbocycles. The molecule has 2 nitrogen and oxygen atoms in total. The Morgan fingerprint density at radius 1 is 1.60 bits per heavy atom. The maximum atomic E-state index is 11.8. The fourth-order valence-corrected chi connectivity index (χ4v) is 4.58.